The smallest absolute Gasteiger partial charge is 0.267 e. The van der Waals surface area contributed by atoms with Gasteiger partial charge in [0.2, 0.25) is 0 Å². The molecule has 0 aliphatic carbocycles. The number of carbonyl (C=O) groups is 1. The van der Waals surface area contributed by atoms with Crippen molar-refractivity contribution in [3.05, 3.63) is 44.9 Å². The summed E-state index contributed by atoms with van der Waals surface area (Å²) in [5.74, 6) is -1.01. The van der Waals surface area contributed by atoms with Gasteiger partial charge >= 0.3 is 0 Å². The molecule has 1 aromatic heterocycles. The van der Waals surface area contributed by atoms with E-state index in [-0.39, 0.29) is 5.69 Å². The zero-order chi connectivity index (χ0) is 13.3. The molecule has 0 radical (unpaired) electrons. The molecule has 0 saturated heterocycles. The fourth-order valence-corrected chi connectivity index (χ4v) is 2.57. The number of nitrogens with two attached hydrogens (primary N) is 1. The first-order valence-electron chi connectivity index (χ1n) is 5.09. The Morgan fingerprint density at radius 3 is 2.78 bits per heavy atom. The molecule has 3 N–H and O–H groups in total. The van der Waals surface area contributed by atoms with E-state index >= 15 is 0 Å². The van der Waals surface area contributed by atoms with Crippen molar-refractivity contribution in [3.8, 4) is 0 Å². The third-order valence-electron chi connectivity index (χ3n) is 2.35. The minimum atomic E-state index is -0.576. The van der Waals surface area contributed by atoms with Crippen molar-refractivity contribution in [2.75, 3.05) is 11.1 Å². The van der Waals surface area contributed by atoms with Gasteiger partial charge in [-0.1, -0.05) is 11.6 Å². The van der Waals surface area contributed by atoms with Crippen LogP contribution in [0.5, 0.6) is 0 Å². The van der Waals surface area contributed by atoms with Crippen molar-refractivity contribution in [2.24, 2.45) is 0 Å². The van der Waals surface area contributed by atoms with E-state index < -0.39 is 11.7 Å². The number of anilines is 2. The molecule has 0 saturated carbocycles. The van der Waals surface area contributed by atoms with Crippen LogP contribution in [0.3, 0.4) is 0 Å². The van der Waals surface area contributed by atoms with Crippen LogP contribution in [0.1, 0.15) is 15.2 Å². The number of aryl methyl sites for hydroxylation is 1. The monoisotopic (exact) mass is 284 g/mol. The van der Waals surface area contributed by atoms with Gasteiger partial charge in [-0.05, 0) is 36.1 Å². The number of halogens is 2. The molecular formula is C12H10ClFN2OS. The van der Waals surface area contributed by atoms with Crippen LogP contribution in [0.25, 0.3) is 0 Å². The van der Waals surface area contributed by atoms with Crippen LogP contribution in [0.2, 0.25) is 5.02 Å². The number of nitrogen functional groups attached to an aromatic ring is 1. The van der Waals surface area contributed by atoms with Crippen LogP contribution in [0.4, 0.5) is 15.8 Å². The van der Waals surface area contributed by atoms with Crippen molar-refractivity contribution < 1.29 is 9.18 Å². The molecule has 0 spiro atoms. The standard InChI is InChI=1S/C12H10ClFN2OS/c1-6-5-18-11(10(6)13)12(17)16-9-3-2-7(15)4-8(9)14/h2-5H,15H2,1H3,(H,16,17). The molecule has 0 aliphatic heterocycles. The van der Waals surface area contributed by atoms with Gasteiger partial charge in [-0.25, -0.2) is 4.39 Å². The molecular weight excluding hydrogens is 275 g/mol. The molecule has 0 aliphatic rings. The quantitative estimate of drug-likeness (QED) is 0.827. The average molecular weight is 285 g/mol. The zero-order valence-corrected chi connectivity index (χ0v) is 11.0. The number of rotatable bonds is 2. The van der Waals surface area contributed by atoms with Gasteiger partial charge < -0.3 is 11.1 Å². The van der Waals surface area contributed by atoms with Gasteiger partial charge in [-0.15, -0.1) is 11.3 Å². The van der Waals surface area contributed by atoms with Crippen molar-refractivity contribution in [1.29, 1.82) is 0 Å². The maximum Gasteiger partial charge on any atom is 0.267 e. The summed E-state index contributed by atoms with van der Waals surface area (Å²) in [5.41, 5.74) is 6.63. The first-order valence-corrected chi connectivity index (χ1v) is 6.34. The van der Waals surface area contributed by atoms with Gasteiger partial charge in [-0.2, -0.15) is 0 Å². The minimum Gasteiger partial charge on any atom is -0.399 e. The highest BCUT2D eigenvalue weighted by Crippen LogP contribution is 2.28. The summed E-state index contributed by atoms with van der Waals surface area (Å²) in [6.07, 6.45) is 0. The molecule has 1 heterocycles. The number of nitrogens with one attached hydrogen (secondary N) is 1. The van der Waals surface area contributed by atoms with E-state index in [1.807, 2.05) is 0 Å². The predicted molar refractivity (Wildman–Crippen MR) is 72.8 cm³/mol. The highest BCUT2D eigenvalue weighted by Gasteiger charge is 2.16. The molecule has 0 bridgehead atoms. The first-order chi connectivity index (χ1) is 8.49. The number of benzene rings is 1. The SMILES string of the molecule is Cc1csc(C(=O)Nc2ccc(N)cc2F)c1Cl. The van der Waals surface area contributed by atoms with E-state index in [9.17, 15) is 9.18 Å². The molecule has 6 heteroatoms. The fourth-order valence-electron chi connectivity index (χ4n) is 1.39. The summed E-state index contributed by atoms with van der Waals surface area (Å²) in [6.45, 7) is 1.80. The van der Waals surface area contributed by atoms with E-state index in [2.05, 4.69) is 5.32 Å². The Morgan fingerprint density at radius 1 is 1.50 bits per heavy atom. The maximum absolute atomic E-state index is 13.5. The molecule has 94 valence electrons. The zero-order valence-electron chi connectivity index (χ0n) is 9.46. The average Bonchev–Trinajstić information content (AvgIpc) is 2.64. The van der Waals surface area contributed by atoms with Gasteiger partial charge in [0.05, 0.1) is 10.7 Å². The van der Waals surface area contributed by atoms with Gasteiger partial charge in [0, 0.05) is 5.69 Å². The number of thiophene rings is 1. The molecule has 1 amide bonds. The summed E-state index contributed by atoms with van der Waals surface area (Å²) in [7, 11) is 0. The molecule has 0 atom stereocenters. The Balaban J connectivity index is 2.24. The van der Waals surface area contributed by atoms with Crippen LogP contribution in [0, 0.1) is 12.7 Å². The molecule has 2 aromatic rings. The summed E-state index contributed by atoms with van der Waals surface area (Å²) < 4.78 is 13.5. The van der Waals surface area contributed by atoms with Gasteiger partial charge in [-0.3, -0.25) is 4.79 Å². The lowest BCUT2D eigenvalue weighted by Gasteiger charge is -2.06. The second-order valence-electron chi connectivity index (χ2n) is 3.76. The summed E-state index contributed by atoms with van der Waals surface area (Å²) in [6, 6.07) is 4.08. The highest BCUT2D eigenvalue weighted by molar-refractivity contribution is 7.13. The third kappa shape index (κ3) is 2.47. The molecule has 18 heavy (non-hydrogen) atoms. The molecule has 0 fully saturated rings. The van der Waals surface area contributed by atoms with Crippen LogP contribution in [0.15, 0.2) is 23.6 Å². The van der Waals surface area contributed by atoms with E-state index in [1.54, 1.807) is 12.3 Å². The lowest BCUT2D eigenvalue weighted by Crippen LogP contribution is -2.12. The highest BCUT2D eigenvalue weighted by atomic mass is 35.5. The third-order valence-corrected chi connectivity index (χ3v) is 4.04. The Kier molecular flexibility index (Phi) is 3.54. The van der Waals surface area contributed by atoms with Crippen molar-refractivity contribution >= 4 is 40.2 Å². The summed E-state index contributed by atoms with van der Waals surface area (Å²) in [5, 5.41) is 4.64. The van der Waals surface area contributed by atoms with Crippen LogP contribution in [-0.4, -0.2) is 5.91 Å². The molecule has 2 rings (SSSR count). The van der Waals surface area contributed by atoms with Crippen molar-refractivity contribution in [1.82, 2.24) is 0 Å². The van der Waals surface area contributed by atoms with Crippen molar-refractivity contribution in [3.63, 3.8) is 0 Å². The van der Waals surface area contributed by atoms with Crippen LogP contribution in [-0.2, 0) is 0 Å². The number of amides is 1. The second kappa shape index (κ2) is 4.96. The maximum atomic E-state index is 13.5. The number of hydrogen-bond acceptors (Lipinski definition) is 3. The Morgan fingerprint density at radius 2 is 2.22 bits per heavy atom. The van der Waals surface area contributed by atoms with Crippen molar-refractivity contribution in [2.45, 2.75) is 6.92 Å². The largest absolute Gasteiger partial charge is 0.399 e. The lowest BCUT2D eigenvalue weighted by molar-refractivity contribution is 0.103. The summed E-state index contributed by atoms with van der Waals surface area (Å²) >= 11 is 7.19. The number of hydrogen-bond donors (Lipinski definition) is 2. The topological polar surface area (TPSA) is 55.1 Å². The van der Waals surface area contributed by atoms with Crippen LogP contribution >= 0.6 is 22.9 Å². The van der Waals surface area contributed by atoms with E-state index in [4.69, 9.17) is 17.3 Å². The van der Waals surface area contributed by atoms with E-state index in [1.165, 1.54) is 23.5 Å². The Labute approximate surface area is 112 Å². The van der Waals surface area contributed by atoms with E-state index in [0.29, 0.717) is 15.6 Å². The fraction of sp³-hybridized carbons (Fsp3) is 0.0833. The van der Waals surface area contributed by atoms with E-state index in [0.717, 1.165) is 11.6 Å². The predicted octanol–water partition coefficient (Wildman–Crippen LogP) is 3.68. The first kappa shape index (κ1) is 12.9. The Hall–Kier alpha value is -1.59. The minimum absolute atomic E-state index is 0.0799. The molecule has 1 aromatic carbocycles. The normalized spacial score (nSPS) is 10.4. The summed E-state index contributed by atoms with van der Waals surface area (Å²) in [4.78, 5) is 12.3. The molecule has 3 nitrogen and oxygen atoms in total. The number of carbonyl (C=O) groups excluding carboxylic acids is 1. The lowest BCUT2D eigenvalue weighted by atomic mass is 10.2. The van der Waals surface area contributed by atoms with Gasteiger partial charge in [0.15, 0.2) is 0 Å². The van der Waals surface area contributed by atoms with Gasteiger partial charge in [0.1, 0.15) is 10.7 Å². The second-order valence-corrected chi connectivity index (χ2v) is 5.01. The Bertz CT molecular complexity index is 612. The van der Waals surface area contributed by atoms with Crippen LogP contribution < -0.4 is 11.1 Å². The molecule has 0 unspecified atom stereocenters. The van der Waals surface area contributed by atoms with Gasteiger partial charge in [0.25, 0.3) is 5.91 Å².